The van der Waals surface area contributed by atoms with E-state index < -0.39 is 23.0 Å². The third-order valence-corrected chi connectivity index (χ3v) is 8.99. The van der Waals surface area contributed by atoms with Crippen LogP contribution in [0.1, 0.15) is 45.2 Å². The molecule has 0 aliphatic heterocycles. The highest BCUT2D eigenvalue weighted by Gasteiger charge is 2.20. The van der Waals surface area contributed by atoms with Gasteiger partial charge < -0.3 is 21.1 Å². The van der Waals surface area contributed by atoms with Gasteiger partial charge in [0.1, 0.15) is 5.70 Å². The van der Waals surface area contributed by atoms with Crippen molar-refractivity contribution in [2.75, 3.05) is 10.6 Å². The van der Waals surface area contributed by atoms with Gasteiger partial charge in [0.25, 0.3) is 11.8 Å². The number of carbonyl (C=O) groups excluding carboxylic acids is 3. The van der Waals surface area contributed by atoms with E-state index in [1.165, 1.54) is 23.9 Å². The van der Waals surface area contributed by atoms with Crippen molar-refractivity contribution in [3.8, 4) is 11.1 Å². The van der Waals surface area contributed by atoms with Crippen molar-refractivity contribution in [3.63, 3.8) is 0 Å². The number of thioether (sulfide) groups is 1. The molecule has 0 heterocycles. The summed E-state index contributed by atoms with van der Waals surface area (Å²) in [6, 6.07) is 38.0. The largest absolute Gasteiger partial charge is 0.478 e. The molecule has 0 aliphatic rings. The fourth-order valence-electron chi connectivity index (χ4n) is 4.95. The second kappa shape index (κ2) is 16.3. The molecule has 5 aromatic rings. The van der Waals surface area contributed by atoms with Crippen molar-refractivity contribution in [1.82, 2.24) is 5.32 Å². The predicted octanol–water partition coefficient (Wildman–Crippen LogP) is 8.28. The standard InChI is InChI=1S/C40H35N3O5S/c1-3-36(39(46)42-34-24-31(40(47)48)20-17-26(34)2)49-33-16-10-15-32(25-33)41-38(45)35(43-37(44)30-13-8-5-9-14-30)23-27-18-21-29(22-19-27)28-11-6-4-7-12-28/h4-25,36H,3H2,1-2H3,(H,41,45)(H,42,46)(H,43,44)(H,47,48)/b35-23+. The molecule has 3 amide bonds. The van der Waals surface area contributed by atoms with Crippen LogP contribution in [0.3, 0.4) is 0 Å². The monoisotopic (exact) mass is 669 g/mol. The van der Waals surface area contributed by atoms with Gasteiger partial charge in [0.15, 0.2) is 0 Å². The van der Waals surface area contributed by atoms with E-state index in [1.807, 2.05) is 73.7 Å². The number of carbonyl (C=O) groups is 4. The van der Waals surface area contributed by atoms with Crippen molar-refractivity contribution < 1.29 is 24.3 Å². The summed E-state index contributed by atoms with van der Waals surface area (Å²) in [6.45, 7) is 3.69. The molecule has 0 spiro atoms. The number of carboxylic acids is 1. The molecule has 246 valence electrons. The average Bonchev–Trinajstić information content (AvgIpc) is 3.12. The zero-order chi connectivity index (χ0) is 34.8. The van der Waals surface area contributed by atoms with Crippen molar-refractivity contribution in [2.24, 2.45) is 0 Å². The van der Waals surface area contributed by atoms with Gasteiger partial charge in [0.2, 0.25) is 5.91 Å². The number of aryl methyl sites for hydroxylation is 1. The maximum Gasteiger partial charge on any atom is 0.335 e. The van der Waals surface area contributed by atoms with E-state index in [2.05, 4.69) is 16.0 Å². The zero-order valence-corrected chi connectivity index (χ0v) is 27.8. The van der Waals surface area contributed by atoms with Crippen molar-refractivity contribution in [2.45, 2.75) is 30.4 Å². The number of aromatic carboxylic acids is 1. The first-order valence-corrected chi connectivity index (χ1v) is 16.5. The highest BCUT2D eigenvalue weighted by atomic mass is 32.2. The van der Waals surface area contributed by atoms with Crippen LogP contribution in [0, 0.1) is 6.92 Å². The van der Waals surface area contributed by atoms with Crippen molar-refractivity contribution in [3.05, 3.63) is 155 Å². The minimum absolute atomic E-state index is 0.0594. The first-order chi connectivity index (χ1) is 23.7. The van der Waals surface area contributed by atoms with Gasteiger partial charge in [-0.05, 0) is 84.1 Å². The van der Waals surface area contributed by atoms with Crippen LogP contribution in [-0.4, -0.2) is 34.0 Å². The average molecular weight is 670 g/mol. The molecule has 0 aliphatic carbocycles. The summed E-state index contributed by atoms with van der Waals surface area (Å²) in [5, 5.41) is 17.4. The molecule has 0 saturated heterocycles. The van der Waals surface area contributed by atoms with Crippen LogP contribution < -0.4 is 16.0 Å². The lowest BCUT2D eigenvalue weighted by Crippen LogP contribution is -2.30. The second-order valence-corrected chi connectivity index (χ2v) is 12.5. The Balaban J connectivity index is 1.33. The molecule has 1 atom stereocenters. The molecule has 9 heteroatoms. The van der Waals surface area contributed by atoms with Gasteiger partial charge in [-0.2, -0.15) is 0 Å². The van der Waals surface area contributed by atoms with Gasteiger partial charge in [0.05, 0.1) is 10.8 Å². The maximum absolute atomic E-state index is 13.7. The Hall–Kier alpha value is -5.93. The predicted molar refractivity (Wildman–Crippen MR) is 196 cm³/mol. The maximum atomic E-state index is 13.7. The molecular weight excluding hydrogens is 635 g/mol. The molecule has 5 aromatic carbocycles. The number of amides is 3. The van der Waals surface area contributed by atoms with E-state index in [9.17, 15) is 24.3 Å². The molecule has 1 unspecified atom stereocenters. The molecule has 0 radical (unpaired) electrons. The van der Waals surface area contributed by atoms with Crippen molar-refractivity contribution >= 4 is 52.9 Å². The quantitative estimate of drug-likeness (QED) is 0.0783. The van der Waals surface area contributed by atoms with E-state index in [1.54, 1.807) is 61.5 Å². The summed E-state index contributed by atoms with van der Waals surface area (Å²) in [6.07, 6.45) is 2.13. The van der Waals surface area contributed by atoms with Gasteiger partial charge in [-0.25, -0.2) is 4.79 Å². The van der Waals surface area contributed by atoms with Crippen LogP contribution >= 0.6 is 11.8 Å². The van der Waals surface area contributed by atoms with Gasteiger partial charge in [-0.15, -0.1) is 11.8 Å². The van der Waals surface area contributed by atoms with Gasteiger partial charge in [-0.1, -0.05) is 91.9 Å². The topological polar surface area (TPSA) is 125 Å². The van der Waals surface area contributed by atoms with E-state index >= 15 is 0 Å². The van der Waals surface area contributed by atoms with Crippen LogP contribution in [0.15, 0.2) is 138 Å². The van der Waals surface area contributed by atoms with Crippen LogP contribution in [0.4, 0.5) is 11.4 Å². The molecule has 0 bridgehead atoms. The minimum atomic E-state index is -1.07. The Morgan fingerprint density at radius 3 is 2.08 bits per heavy atom. The Morgan fingerprint density at radius 2 is 1.41 bits per heavy atom. The Morgan fingerprint density at radius 1 is 0.735 bits per heavy atom. The number of nitrogens with one attached hydrogen (secondary N) is 3. The molecule has 0 fully saturated rings. The van der Waals surface area contributed by atoms with E-state index in [0.29, 0.717) is 23.4 Å². The Bertz CT molecular complexity index is 1990. The number of carboxylic acid groups (broad SMARTS) is 1. The van der Waals surface area contributed by atoms with Crippen LogP contribution in [0.25, 0.3) is 17.2 Å². The molecule has 0 saturated carbocycles. The first-order valence-electron chi connectivity index (χ1n) is 15.7. The van der Waals surface area contributed by atoms with Crippen LogP contribution in [-0.2, 0) is 9.59 Å². The summed E-state index contributed by atoms with van der Waals surface area (Å²) in [5.41, 5.74) is 5.04. The highest BCUT2D eigenvalue weighted by Crippen LogP contribution is 2.29. The third kappa shape index (κ3) is 9.33. The smallest absolute Gasteiger partial charge is 0.335 e. The Labute approximate surface area is 289 Å². The summed E-state index contributed by atoms with van der Waals surface area (Å²) in [7, 11) is 0. The van der Waals surface area contributed by atoms with Crippen LogP contribution in [0.2, 0.25) is 0 Å². The molecule has 0 aromatic heterocycles. The third-order valence-electron chi connectivity index (χ3n) is 7.63. The number of hydrogen-bond acceptors (Lipinski definition) is 5. The molecular formula is C40H35N3O5S. The fraction of sp³-hybridized carbons (Fsp3) is 0.100. The summed E-state index contributed by atoms with van der Waals surface area (Å²) in [4.78, 5) is 52.2. The van der Waals surface area contributed by atoms with Gasteiger partial charge >= 0.3 is 5.97 Å². The van der Waals surface area contributed by atoms with E-state index in [-0.39, 0.29) is 17.2 Å². The lowest BCUT2D eigenvalue weighted by molar-refractivity contribution is -0.116. The zero-order valence-electron chi connectivity index (χ0n) is 27.0. The summed E-state index contributed by atoms with van der Waals surface area (Å²) >= 11 is 1.33. The molecule has 8 nitrogen and oxygen atoms in total. The number of hydrogen-bond donors (Lipinski definition) is 4. The molecule has 4 N–H and O–H groups in total. The van der Waals surface area contributed by atoms with Crippen LogP contribution in [0.5, 0.6) is 0 Å². The SMILES string of the molecule is CCC(Sc1cccc(NC(=O)/C(=C\c2ccc(-c3ccccc3)cc2)NC(=O)c2ccccc2)c1)C(=O)Nc1cc(C(=O)O)ccc1C. The minimum Gasteiger partial charge on any atom is -0.478 e. The fourth-order valence-corrected chi connectivity index (χ4v) is 5.96. The normalized spacial score (nSPS) is 11.7. The number of rotatable bonds is 12. The van der Waals surface area contributed by atoms with Gasteiger partial charge in [-0.3, -0.25) is 14.4 Å². The number of benzene rings is 5. The molecule has 49 heavy (non-hydrogen) atoms. The van der Waals surface area contributed by atoms with Crippen molar-refractivity contribution in [1.29, 1.82) is 0 Å². The highest BCUT2D eigenvalue weighted by molar-refractivity contribution is 8.00. The lowest BCUT2D eigenvalue weighted by Gasteiger charge is -2.17. The van der Waals surface area contributed by atoms with E-state index in [0.717, 1.165) is 27.1 Å². The number of anilines is 2. The lowest BCUT2D eigenvalue weighted by atomic mass is 10.0. The summed E-state index contributed by atoms with van der Waals surface area (Å²) < 4.78 is 0. The second-order valence-electron chi connectivity index (χ2n) is 11.2. The summed E-state index contributed by atoms with van der Waals surface area (Å²) in [5.74, 6) is -2.28. The Kier molecular flexibility index (Phi) is 11.4. The van der Waals surface area contributed by atoms with E-state index in [4.69, 9.17) is 0 Å². The first kappa shape index (κ1) is 34.4. The van der Waals surface area contributed by atoms with Gasteiger partial charge in [0, 0.05) is 21.8 Å². The molecule has 5 rings (SSSR count).